The van der Waals surface area contributed by atoms with Crippen molar-refractivity contribution in [1.29, 1.82) is 5.26 Å². The zero-order valence-electron chi connectivity index (χ0n) is 15.5. The molecular formula is C22H20N6. The number of H-pyrrole nitrogens is 1. The molecule has 3 heterocycles. The minimum atomic E-state index is 0.753. The van der Waals surface area contributed by atoms with E-state index in [0.717, 1.165) is 66.3 Å². The number of rotatable bonds is 3. The first-order valence-electron chi connectivity index (χ1n) is 9.52. The number of nitrogens with one attached hydrogen (secondary N) is 1. The SMILES string of the molecule is N#Cc1ccccc1CN1CCCn2nc(-c3nc4ccccc4[nH]3)cc2C1. The minimum Gasteiger partial charge on any atom is -0.337 e. The maximum Gasteiger partial charge on any atom is 0.159 e. The summed E-state index contributed by atoms with van der Waals surface area (Å²) in [5.41, 5.74) is 5.87. The van der Waals surface area contributed by atoms with Gasteiger partial charge in [0.2, 0.25) is 0 Å². The van der Waals surface area contributed by atoms with Crippen molar-refractivity contribution in [1.82, 2.24) is 24.6 Å². The van der Waals surface area contributed by atoms with Gasteiger partial charge >= 0.3 is 0 Å². The van der Waals surface area contributed by atoms with E-state index in [1.54, 1.807) is 0 Å². The van der Waals surface area contributed by atoms with E-state index >= 15 is 0 Å². The van der Waals surface area contributed by atoms with E-state index in [1.807, 2.05) is 48.5 Å². The Labute approximate surface area is 163 Å². The highest BCUT2D eigenvalue weighted by atomic mass is 15.3. The quantitative estimate of drug-likeness (QED) is 0.598. The summed E-state index contributed by atoms with van der Waals surface area (Å²) in [5, 5.41) is 14.2. The fourth-order valence-corrected chi connectivity index (χ4v) is 3.86. The lowest BCUT2D eigenvalue weighted by atomic mass is 10.1. The van der Waals surface area contributed by atoms with Crippen LogP contribution in [-0.2, 0) is 19.6 Å². The van der Waals surface area contributed by atoms with Gasteiger partial charge in [-0.1, -0.05) is 30.3 Å². The van der Waals surface area contributed by atoms with Gasteiger partial charge in [-0.05, 0) is 36.2 Å². The molecule has 2 aromatic heterocycles. The highest BCUT2D eigenvalue weighted by Gasteiger charge is 2.19. The van der Waals surface area contributed by atoms with Crippen molar-refractivity contribution in [2.75, 3.05) is 6.54 Å². The number of nitrogens with zero attached hydrogens (tertiary/aromatic N) is 5. The fraction of sp³-hybridized carbons (Fsp3) is 0.227. The number of aromatic amines is 1. The number of aryl methyl sites for hydroxylation is 1. The molecule has 5 rings (SSSR count). The molecule has 1 aliphatic heterocycles. The molecule has 0 spiro atoms. The summed E-state index contributed by atoms with van der Waals surface area (Å²) < 4.78 is 2.10. The van der Waals surface area contributed by atoms with Gasteiger partial charge in [-0.25, -0.2) is 4.98 Å². The number of nitriles is 1. The lowest BCUT2D eigenvalue weighted by molar-refractivity contribution is 0.261. The predicted octanol–water partition coefficient (Wildman–Crippen LogP) is 3.70. The first kappa shape index (κ1) is 16.7. The summed E-state index contributed by atoms with van der Waals surface area (Å²) in [6.07, 6.45) is 1.03. The summed E-state index contributed by atoms with van der Waals surface area (Å²) in [5.74, 6) is 0.808. The van der Waals surface area contributed by atoms with Gasteiger partial charge in [-0.3, -0.25) is 9.58 Å². The molecule has 0 atom stereocenters. The van der Waals surface area contributed by atoms with E-state index in [2.05, 4.69) is 31.7 Å². The molecule has 1 aliphatic rings. The molecule has 0 bridgehead atoms. The van der Waals surface area contributed by atoms with E-state index in [0.29, 0.717) is 0 Å². The van der Waals surface area contributed by atoms with Crippen LogP contribution >= 0.6 is 0 Å². The topological polar surface area (TPSA) is 73.5 Å². The Morgan fingerprint density at radius 3 is 2.82 bits per heavy atom. The number of aromatic nitrogens is 4. The van der Waals surface area contributed by atoms with Crippen LogP contribution in [0.25, 0.3) is 22.6 Å². The van der Waals surface area contributed by atoms with Crippen LogP contribution in [0, 0.1) is 11.3 Å². The highest BCUT2D eigenvalue weighted by molar-refractivity contribution is 5.78. The van der Waals surface area contributed by atoms with E-state index < -0.39 is 0 Å². The number of benzene rings is 2. The molecule has 0 radical (unpaired) electrons. The largest absolute Gasteiger partial charge is 0.337 e. The molecule has 6 heteroatoms. The fourth-order valence-electron chi connectivity index (χ4n) is 3.86. The van der Waals surface area contributed by atoms with Crippen molar-refractivity contribution in [3.05, 3.63) is 71.4 Å². The average Bonchev–Trinajstić information content (AvgIpc) is 3.28. The first-order valence-corrected chi connectivity index (χ1v) is 9.52. The first-order chi connectivity index (χ1) is 13.8. The third-order valence-corrected chi connectivity index (χ3v) is 5.26. The number of hydrogen-bond donors (Lipinski definition) is 1. The van der Waals surface area contributed by atoms with Crippen LogP contribution in [0.2, 0.25) is 0 Å². The molecule has 138 valence electrons. The standard InChI is InChI=1S/C22H20N6/c23-13-16-6-1-2-7-17(16)14-27-10-5-11-28-18(15-27)12-21(26-28)22-24-19-8-3-4-9-20(19)25-22/h1-4,6-9,12H,5,10-11,14-15H2,(H,24,25). The van der Waals surface area contributed by atoms with Crippen LogP contribution in [0.5, 0.6) is 0 Å². The second-order valence-electron chi connectivity index (χ2n) is 7.18. The van der Waals surface area contributed by atoms with Gasteiger partial charge in [-0.15, -0.1) is 0 Å². The summed E-state index contributed by atoms with van der Waals surface area (Å²) in [6, 6.07) is 20.3. The van der Waals surface area contributed by atoms with Crippen molar-refractivity contribution in [3.8, 4) is 17.6 Å². The van der Waals surface area contributed by atoms with Crippen LogP contribution in [0.3, 0.4) is 0 Å². The molecule has 0 saturated heterocycles. The van der Waals surface area contributed by atoms with Gasteiger partial charge in [0.1, 0.15) is 5.69 Å². The van der Waals surface area contributed by atoms with Gasteiger partial charge in [0, 0.05) is 26.2 Å². The third kappa shape index (κ3) is 3.06. The maximum atomic E-state index is 9.36. The van der Waals surface area contributed by atoms with Gasteiger partial charge in [0.25, 0.3) is 0 Å². The second kappa shape index (κ2) is 6.95. The zero-order valence-corrected chi connectivity index (χ0v) is 15.5. The molecule has 28 heavy (non-hydrogen) atoms. The van der Waals surface area contributed by atoms with E-state index in [9.17, 15) is 5.26 Å². The van der Waals surface area contributed by atoms with Gasteiger partial charge in [0.05, 0.1) is 28.4 Å². The molecule has 0 saturated carbocycles. The van der Waals surface area contributed by atoms with Crippen molar-refractivity contribution in [3.63, 3.8) is 0 Å². The molecular weight excluding hydrogens is 348 g/mol. The Morgan fingerprint density at radius 1 is 1.07 bits per heavy atom. The van der Waals surface area contributed by atoms with Gasteiger partial charge in [0.15, 0.2) is 5.82 Å². The number of imidazole rings is 1. The molecule has 1 N–H and O–H groups in total. The summed E-state index contributed by atoms with van der Waals surface area (Å²) >= 11 is 0. The summed E-state index contributed by atoms with van der Waals surface area (Å²) in [4.78, 5) is 10.4. The Bertz CT molecular complexity index is 1150. The molecule has 2 aromatic carbocycles. The minimum absolute atomic E-state index is 0.753. The number of fused-ring (bicyclic) bond motifs is 2. The Kier molecular flexibility index (Phi) is 4.15. The lowest BCUT2D eigenvalue weighted by Crippen LogP contribution is -2.23. The molecule has 0 aliphatic carbocycles. The van der Waals surface area contributed by atoms with Crippen LogP contribution in [-0.4, -0.2) is 31.2 Å². The predicted molar refractivity (Wildman–Crippen MR) is 107 cm³/mol. The van der Waals surface area contributed by atoms with Crippen LogP contribution in [0.1, 0.15) is 23.2 Å². The van der Waals surface area contributed by atoms with Crippen molar-refractivity contribution >= 4 is 11.0 Å². The Morgan fingerprint density at radius 2 is 1.93 bits per heavy atom. The normalized spacial score (nSPS) is 14.5. The molecule has 6 nitrogen and oxygen atoms in total. The van der Waals surface area contributed by atoms with Crippen molar-refractivity contribution in [2.24, 2.45) is 0 Å². The summed E-state index contributed by atoms with van der Waals surface area (Å²) in [7, 11) is 0. The number of para-hydroxylation sites is 2. The van der Waals surface area contributed by atoms with Crippen LogP contribution in [0.15, 0.2) is 54.6 Å². The third-order valence-electron chi connectivity index (χ3n) is 5.26. The molecule has 0 unspecified atom stereocenters. The molecule has 0 fully saturated rings. The van der Waals surface area contributed by atoms with E-state index in [4.69, 9.17) is 5.10 Å². The van der Waals surface area contributed by atoms with Crippen molar-refractivity contribution in [2.45, 2.75) is 26.1 Å². The second-order valence-corrected chi connectivity index (χ2v) is 7.18. The van der Waals surface area contributed by atoms with Crippen molar-refractivity contribution < 1.29 is 0 Å². The van der Waals surface area contributed by atoms with E-state index in [-0.39, 0.29) is 0 Å². The smallest absolute Gasteiger partial charge is 0.159 e. The molecule has 0 amide bonds. The average molecular weight is 368 g/mol. The zero-order chi connectivity index (χ0) is 18.9. The Hall–Kier alpha value is -3.43. The lowest BCUT2D eigenvalue weighted by Gasteiger charge is -2.20. The maximum absolute atomic E-state index is 9.36. The summed E-state index contributed by atoms with van der Waals surface area (Å²) in [6.45, 7) is 3.47. The van der Waals surface area contributed by atoms with Crippen LogP contribution < -0.4 is 0 Å². The molecule has 4 aromatic rings. The highest BCUT2D eigenvalue weighted by Crippen LogP contribution is 2.23. The monoisotopic (exact) mass is 368 g/mol. The van der Waals surface area contributed by atoms with Gasteiger partial charge in [-0.2, -0.15) is 10.4 Å². The van der Waals surface area contributed by atoms with E-state index in [1.165, 1.54) is 5.69 Å². The number of hydrogen-bond acceptors (Lipinski definition) is 4. The van der Waals surface area contributed by atoms with Crippen LogP contribution in [0.4, 0.5) is 0 Å². The Balaban J connectivity index is 1.42. The van der Waals surface area contributed by atoms with Gasteiger partial charge < -0.3 is 4.98 Å².